The highest BCUT2D eigenvalue weighted by Gasteiger charge is 2.51. The van der Waals surface area contributed by atoms with Gasteiger partial charge in [0.15, 0.2) is 6.10 Å². The number of carbonyl (C=O) groups excluding carboxylic acids is 2. The number of phosphoric ester groups is 1. The van der Waals surface area contributed by atoms with Crippen molar-refractivity contribution in [3.8, 4) is 0 Å². The van der Waals surface area contributed by atoms with Crippen molar-refractivity contribution in [1.82, 2.24) is 0 Å². The lowest BCUT2D eigenvalue weighted by molar-refractivity contribution is -0.220. The van der Waals surface area contributed by atoms with E-state index in [1.807, 2.05) is 30.4 Å². The molecule has 1 fully saturated rings. The number of aliphatic hydroxyl groups is 6. The second-order valence-corrected chi connectivity index (χ2v) is 16.8. The quantitative estimate of drug-likeness (QED) is 0.0106. The standard InChI is InChI=1S/C49H77O14P/c1-3-5-7-9-11-13-15-17-18-19-20-22-24-26-28-30-32-36-42(51)60-38-41(39-61-64(58,59)63-49-47(56)45(54)44(53)46(55)48(49)57)62-43(52)37-33-35-40(50)34-31-29-27-25-23-21-16-14-12-10-8-6-4-2/h6,8,11-14,17-18,20-23,26-29,31,34,40-41,44-50,53-57H,3-5,7,9-10,15-16,19,24-25,30,32-33,35-39H2,1-2H3,(H,58,59)/b8-6-,13-11-,14-12-,18-17-,22-20-,23-21-,28-26-,29-27-,34-31+/t40?,41-,44?,45-,46+,47-,48-,49?/m1/s1. The van der Waals surface area contributed by atoms with Crippen LogP contribution in [-0.4, -0.2) is 110 Å². The summed E-state index contributed by atoms with van der Waals surface area (Å²) in [6, 6.07) is 0. The van der Waals surface area contributed by atoms with E-state index in [9.17, 15) is 49.7 Å². The SMILES string of the molecule is CC/C=C\C/C=C\C/C=C\C/C=C\C=C\C(O)CCCC(=O)O[C@H](COC(=O)CCC/C=C\C/C=C\C/C=C\C/C=C\CCCCC)COP(=O)(O)OC1[C@H](O)[C@H](O)C(O)[C@H](O)[C@H]1O. The normalized spacial score (nSPS) is 23.1. The van der Waals surface area contributed by atoms with Crippen LogP contribution in [0.15, 0.2) is 109 Å². The molecule has 7 N–H and O–H groups in total. The Bertz CT molecular complexity index is 1550. The number of phosphoric acid groups is 1. The molecule has 0 spiro atoms. The van der Waals surface area contributed by atoms with Crippen molar-refractivity contribution in [2.75, 3.05) is 13.2 Å². The van der Waals surface area contributed by atoms with Gasteiger partial charge in [0.2, 0.25) is 0 Å². The minimum absolute atomic E-state index is 0.0431. The molecule has 0 saturated heterocycles. The molecule has 0 amide bonds. The van der Waals surface area contributed by atoms with Crippen LogP contribution in [0.25, 0.3) is 0 Å². The number of esters is 2. The molecule has 9 atom stereocenters. The third kappa shape index (κ3) is 29.8. The summed E-state index contributed by atoms with van der Waals surface area (Å²) in [5, 5.41) is 60.5. The number of rotatable bonds is 35. The summed E-state index contributed by atoms with van der Waals surface area (Å²) < 4.78 is 33.3. The van der Waals surface area contributed by atoms with Gasteiger partial charge in [-0.3, -0.25) is 18.6 Å². The molecule has 0 radical (unpaired) electrons. The molecule has 0 bridgehead atoms. The van der Waals surface area contributed by atoms with E-state index in [0.29, 0.717) is 12.8 Å². The van der Waals surface area contributed by atoms with Crippen LogP contribution in [0.3, 0.4) is 0 Å². The van der Waals surface area contributed by atoms with Crippen LogP contribution >= 0.6 is 7.82 Å². The maximum Gasteiger partial charge on any atom is 0.472 e. The first kappa shape index (κ1) is 58.5. The Morgan fingerprint density at radius 3 is 1.61 bits per heavy atom. The first-order valence-electron chi connectivity index (χ1n) is 22.8. The van der Waals surface area contributed by atoms with Crippen molar-refractivity contribution in [3.05, 3.63) is 109 Å². The fraction of sp³-hybridized carbons (Fsp3) is 0.592. The van der Waals surface area contributed by atoms with Crippen molar-refractivity contribution >= 4 is 19.8 Å². The zero-order valence-electron chi connectivity index (χ0n) is 37.9. The Balaban J connectivity index is 2.62. The summed E-state index contributed by atoms with van der Waals surface area (Å²) in [5.41, 5.74) is 0. The van der Waals surface area contributed by atoms with E-state index in [0.717, 1.165) is 51.4 Å². The van der Waals surface area contributed by atoms with Crippen LogP contribution in [0.5, 0.6) is 0 Å². The number of aliphatic hydroxyl groups excluding tert-OH is 6. The molecule has 1 aliphatic carbocycles. The lowest BCUT2D eigenvalue weighted by Crippen LogP contribution is -2.64. The number of ether oxygens (including phenoxy) is 2. The summed E-state index contributed by atoms with van der Waals surface area (Å²) in [6.45, 7) is 2.92. The van der Waals surface area contributed by atoms with Crippen LogP contribution in [0.4, 0.5) is 0 Å². The van der Waals surface area contributed by atoms with Gasteiger partial charge in [-0.25, -0.2) is 4.57 Å². The number of carbonyl (C=O) groups is 2. The zero-order chi connectivity index (χ0) is 47.3. The van der Waals surface area contributed by atoms with Crippen molar-refractivity contribution in [3.63, 3.8) is 0 Å². The summed E-state index contributed by atoms with van der Waals surface area (Å²) in [6.07, 6.45) is 34.5. The molecular formula is C49H77O14P. The lowest BCUT2D eigenvalue weighted by atomic mass is 9.85. The van der Waals surface area contributed by atoms with Gasteiger partial charge in [-0.05, 0) is 83.5 Å². The third-order valence-electron chi connectivity index (χ3n) is 9.70. The molecule has 1 aliphatic rings. The summed E-state index contributed by atoms with van der Waals surface area (Å²) >= 11 is 0. The molecule has 0 aromatic carbocycles. The van der Waals surface area contributed by atoms with Gasteiger partial charge in [-0.15, -0.1) is 0 Å². The van der Waals surface area contributed by atoms with Gasteiger partial charge in [-0.1, -0.05) is 136 Å². The van der Waals surface area contributed by atoms with Crippen molar-refractivity contribution in [2.45, 2.75) is 172 Å². The van der Waals surface area contributed by atoms with E-state index in [2.05, 4.69) is 80.7 Å². The van der Waals surface area contributed by atoms with Gasteiger partial charge in [0.1, 0.15) is 43.2 Å². The first-order chi connectivity index (χ1) is 30.8. The first-order valence-corrected chi connectivity index (χ1v) is 24.3. The van der Waals surface area contributed by atoms with E-state index in [-0.39, 0.29) is 25.7 Å². The Kier molecular flexibility index (Phi) is 34.4. The van der Waals surface area contributed by atoms with E-state index < -0.39 is 81.8 Å². The number of hydrogen-bond acceptors (Lipinski definition) is 13. The largest absolute Gasteiger partial charge is 0.472 e. The van der Waals surface area contributed by atoms with Gasteiger partial charge in [-0.2, -0.15) is 0 Å². The molecule has 1 rings (SSSR count). The minimum atomic E-state index is -5.19. The summed E-state index contributed by atoms with van der Waals surface area (Å²) in [7, 11) is -5.19. The highest BCUT2D eigenvalue weighted by atomic mass is 31.2. The van der Waals surface area contributed by atoms with Crippen molar-refractivity contribution < 1.29 is 68.2 Å². The van der Waals surface area contributed by atoms with Crippen molar-refractivity contribution in [1.29, 1.82) is 0 Å². The molecule has 14 nitrogen and oxygen atoms in total. The number of unbranched alkanes of at least 4 members (excludes halogenated alkanes) is 4. The molecule has 1 saturated carbocycles. The third-order valence-corrected chi connectivity index (χ3v) is 10.7. The van der Waals surface area contributed by atoms with Crippen LogP contribution < -0.4 is 0 Å². The average molecular weight is 921 g/mol. The molecule has 4 unspecified atom stereocenters. The smallest absolute Gasteiger partial charge is 0.462 e. The highest BCUT2D eigenvalue weighted by Crippen LogP contribution is 2.47. The van der Waals surface area contributed by atoms with E-state index in [4.69, 9.17) is 18.5 Å². The molecule has 0 aromatic rings. The Morgan fingerprint density at radius 1 is 0.578 bits per heavy atom. The van der Waals surface area contributed by atoms with Gasteiger partial charge in [0.25, 0.3) is 0 Å². The number of allylic oxidation sites excluding steroid dienone is 17. The average Bonchev–Trinajstić information content (AvgIpc) is 3.27. The molecule has 0 aliphatic heterocycles. The second-order valence-electron chi connectivity index (χ2n) is 15.4. The fourth-order valence-corrected chi connectivity index (χ4v) is 6.98. The Hall–Kier alpha value is -3.53. The second kappa shape index (κ2) is 37.7. The van der Waals surface area contributed by atoms with Gasteiger partial charge < -0.3 is 45.0 Å². The Morgan fingerprint density at radius 2 is 1.06 bits per heavy atom. The van der Waals surface area contributed by atoms with Crippen molar-refractivity contribution in [2.24, 2.45) is 0 Å². The molecule has 15 heteroatoms. The topological polar surface area (TPSA) is 230 Å². The molecule has 362 valence electrons. The summed E-state index contributed by atoms with van der Waals surface area (Å²) in [4.78, 5) is 35.7. The van der Waals surface area contributed by atoms with Gasteiger partial charge >= 0.3 is 19.8 Å². The van der Waals surface area contributed by atoms with Crippen LogP contribution in [0.1, 0.15) is 123 Å². The lowest BCUT2D eigenvalue weighted by Gasteiger charge is -2.41. The molecular weight excluding hydrogens is 843 g/mol. The zero-order valence-corrected chi connectivity index (χ0v) is 38.8. The minimum Gasteiger partial charge on any atom is -0.462 e. The van der Waals surface area contributed by atoms with Crippen LogP contribution in [-0.2, 0) is 32.7 Å². The van der Waals surface area contributed by atoms with E-state index in [1.54, 1.807) is 12.2 Å². The monoisotopic (exact) mass is 921 g/mol. The molecule has 64 heavy (non-hydrogen) atoms. The maximum atomic E-state index is 12.8. The van der Waals surface area contributed by atoms with Crippen LogP contribution in [0, 0.1) is 0 Å². The fourth-order valence-electron chi connectivity index (χ4n) is 6.01. The van der Waals surface area contributed by atoms with Gasteiger partial charge in [0.05, 0.1) is 12.7 Å². The summed E-state index contributed by atoms with van der Waals surface area (Å²) in [5.74, 6) is -1.38. The molecule has 0 heterocycles. The van der Waals surface area contributed by atoms with Crippen LogP contribution in [0.2, 0.25) is 0 Å². The Labute approximate surface area is 381 Å². The molecule has 0 aromatic heterocycles. The highest BCUT2D eigenvalue weighted by molar-refractivity contribution is 7.47. The number of hydrogen-bond donors (Lipinski definition) is 7. The van der Waals surface area contributed by atoms with E-state index >= 15 is 0 Å². The predicted octanol–water partition coefficient (Wildman–Crippen LogP) is 7.80. The maximum absolute atomic E-state index is 12.8. The van der Waals surface area contributed by atoms with E-state index in [1.165, 1.54) is 19.3 Å². The predicted molar refractivity (Wildman–Crippen MR) is 250 cm³/mol. The van der Waals surface area contributed by atoms with Gasteiger partial charge in [0, 0.05) is 12.8 Å².